The van der Waals surface area contributed by atoms with Gasteiger partial charge in [-0.1, -0.05) is 110 Å². The van der Waals surface area contributed by atoms with Crippen molar-refractivity contribution in [2.24, 2.45) is 17.8 Å². The van der Waals surface area contributed by atoms with Crippen molar-refractivity contribution in [3.05, 3.63) is 99.9 Å². The predicted octanol–water partition coefficient (Wildman–Crippen LogP) is 14.5. The van der Waals surface area contributed by atoms with Crippen molar-refractivity contribution in [2.75, 3.05) is 0 Å². The molecule has 0 saturated carbocycles. The number of aliphatic hydroxyl groups is 1. The van der Waals surface area contributed by atoms with Gasteiger partial charge in [-0.25, -0.2) is 0 Å². The van der Waals surface area contributed by atoms with Gasteiger partial charge in [0.2, 0.25) is 0 Å². The first-order valence-corrected chi connectivity index (χ1v) is 20.8. The average Bonchev–Trinajstić information content (AvgIpc) is 3.69. The quantitative estimate of drug-likeness (QED) is 0.0800. The van der Waals surface area contributed by atoms with E-state index in [9.17, 15) is 9.90 Å². The van der Waals surface area contributed by atoms with Gasteiger partial charge < -0.3 is 5.11 Å². The maximum Gasteiger partial charge on any atom is 0.162 e. The van der Waals surface area contributed by atoms with Crippen LogP contribution in [0.4, 0.5) is 0 Å². The number of fused-ring (bicyclic) bond motifs is 3. The number of hydrogen-bond donors (Lipinski definition) is 1. The van der Waals surface area contributed by atoms with Crippen molar-refractivity contribution in [2.45, 2.75) is 107 Å². The number of thiophene rings is 2. The Kier molecular flexibility index (Phi) is 14.8. The SMILES string of the molecule is CCC(CC)C(=O)/C=C(\O)C(CC)CC.Cc1cc2c(-c3ccc4c(CC(C)C)csc4c3)cc(-c3[c-]c4ccccc4c(C(C)(C)C)c3)nc2s1.[Ir]. The number of aliphatic hydroxyl groups excluding tert-OH is 1. The van der Waals surface area contributed by atoms with Gasteiger partial charge in [0.25, 0.3) is 0 Å². The largest absolute Gasteiger partial charge is 0.512 e. The first-order chi connectivity index (χ1) is 24.8. The summed E-state index contributed by atoms with van der Waals surface area (Å²) in [6, 6.07) is 26.2. The Labute approximate surface area is 339 Å². The Morgan fingerprint density at radius 3 is 2.21 bits per heavy atom. The molecule has 3 nitrogen and oxygen atoms in total. The molecule has 0 aliphatic rings. The molecule has 0 amide bonds. The standard InChI is InChI=1S/C34H32NS2.C13H24O2.Ir/c1-20(2)13-25-19-36-32-17-23(11-12-27(25)32)28-18-31(35-33-29(28)14-21(3)37-33)24-15-22-9-7-8-10-26(22)30(16-24)34(4,5)6;1-5-10(6-2)12(14)9-13(15)11(7-3)8-4;/h7-12,14,16-20H,13H2,1-6H3;9-11,14H,5-8H2,1-4H3;/q-1;;/b;12-9-;. The number of allylic oxidation sites excluding steroid dienone is 2. The van der Waals surface area contributed by atoms with Crippen molar-refractivity contribution in [1.29, 1.82) is 0 Å². The number of pyridine rings is 1. The van der Waals surface area contributed by atoms with Crippen molar-refractivity contribution in [3.63, 3.8) is 0 Å². The van der Waals surface area contributed by atoms with Crippen LogP contribution in [0.2, 0.25) is 0 Å². The van der Waals surface area contributed by atoms with Gasteiger partial charge in [0.05, 0.1) is 5.76 Å². The molecule has 0 aliphatic carbocycles. The molecule has 0 aliphatic heterocycles. The van der Waals surface area contributed by atoms with Gasteiger partial charge >= 0.3 is 0 Å². The second kappa shape index (κ2) is 18.5. The van der Waals surface area contributed by atoms with E-state index >= 15 is 0 Å². The first kappa shape index (κ1) is 42.6. The molecule has 6 rings (SSSR count). The van der Waals surface area contributed by atoms with Crippen LogP contribution in [0.5, 0.6) is 0 Å². The number of hydrogen-bond acceptors (Lipinski definition) is 5. The molecule has 283 valence electrons. The molecule has 0 unspecified atom stereocenters. The van der Waals surface area contributed by atoms with E-state index in [4.69, 9.17) is 4.98 Å². The van der Waals surface area contributed by atoms with E-state index < -0.39 is 0 Å². The third-order valence-corrected chi connectivity index (χ3v) is 12.1. The summed E-state index contributed by atoms with van der Waals surface area (Å²) in [6.45, 7) is 21.7. The number of aromatic nitrogens is 1. The third-order valence-electron chi connectivity index (χ3n) is 10.2. The molecule has 3 aromatic carbocycles. The molecule has 3 heterocycles. The molecule has 6 heteroatoms. The number of carbonyl (C=O) groups excluding carboxylic acids is 1. The summed E-state index contributed by atoms with van der Waals surface area (Å²) < 4.78 is 1.36. The molecular formula is C47H56IrNO2S2-. The zero-order valence-electron chi connectivity index (χ0n) is 33.1. The maximum atomic E-state index is 11.7. The minimum atomic E-state index is 0. The Hall–Kier alpha value is -3.15. The number of ketones is 1. The molecule has 6 aromatic rings. The average molecular weight is 923 g/mol. The van der Waals surface area contributed by atoms with Gasteiger partial charge in [-0.05, 0) is 90.0 Å². The predicted molar refractivity (Wildman–Crippen MR) is 228 cm³/mol. The van der Waals surface area contributed by atoms with Gasteiger partial charge in [-0.3, -0.25) is 9.78 Å². The van der Waals surface area contributed by atoms with E-state index in [1.165, 1.54) is 54.1 Å². The molecule has 0 atom stereocenters. The Morgan fingerprint density at radius 2 is 1.57 bits per heavy atom. The molecule has 1 radical (unpaired) electrons. The van der Waals surface area contributed by atoms with Crippen molar-refractivity contribution < 1.29 is 30.0 Å². The molecule has 0 bridgehead atoms. The minimum Gasteiger partial charge on any atom is -0.512 e. The Morgan fingerprint density at radius 1 is 0.887 bits per heavy atom. The number of carbonyl (C=O) groups is 1. The molecular weight excluding hydrogens is 867 g/mol. The summed E-state index contributed by atoms with van der Waals surface area (Å²) in [6.07, 6.45) is 6.03. The molecule has 53 heavy (non-hydrogen) atoms. The molecule has 1 N–H and O–H groups in total. The fourth-order valence-corrected chi connectivity index (χ4v) is 9.05. The fraction of sp³-hybridized carbons (Fsp3) is 0.404. The first-order valence-electron chi connectivity index (χ1n) is 19.1. The zero-order chi connectivity index (χ0) is 37.7. The van der Waals surface area contributed by atoms with Gasteiger partial charge in [0.1, 0.15) is 4.83 Å². The van der Waals surface area contributed by atoms with E-state index in [0.717, 1.165) is 53.6 Å². The van der Waals surface area contributed by atoms with Gasteiger partial charge in [0, 0.05) is 58.7 Å². The topological polar surface area (TPSA) is 50.2 Å². The van der Waals surface area contributed by atoms with Crippen LogP contribution in [0.1, 0.15) is 104 Å². The Balaban J connectivity index is 0.000000335. The van der Waals surface area contributed by atoms with Crippen LogP contribution >= 0.6 is 22.7 Å². The summed E-state index contributed by atoms with van der Waals surface area (Å²) in [5, 5.41) is 17.2. The van der Waals surface area contributed by atoms with E-state index in [-0.39, 0.29) is 48.9 Å². The van der Waals surface area contributed by atoms with Crippen molar-refractivity contribution in [3.8, 4) is 22.4 Å². The van der Waals surface area contributed by atoms with E-state index in [2.05, 4.69) is 114 Å². The van der Waals surface area contributed by atoms with Crippen LogP contribution in [0, 0.1) is 30.7 Å². The number of benzene rings is 3. The summed E-state index contributed by atoms with van der Waals surface area (Å²) >= 11 is 3.64. The van der Waals surface area contributed by atoms with Crippen molar-refractivity contribution >= 4 is 59.5 Å². The van der Waals surface area contributed by atoms with Crippen LogP contribution in [0.25, 0.3) is 53.5 Å². The minimum absolute atomic E-state index is 0. The second-order valence-corrected chi connectivity index (χ2v) is 17.7. The van der Waals surface area contributed by atoms with Gasteiger partial charge in [-0.15, -0.1) is 51.8 Å². The van der Waals surface area contributed by atoms with Crippen LogP contribution in [-0.2, 0) is 36.7 Å². The number of aryl methyl sites for hydroxylation is 1. The number of rotatable bonds is 11. The summed E-state index contributed by atoms with van der Waals surface area (Å²) in [5.41, 5.74) is 7.39. The monoisotopic (exact) mass is 923 g/mol. The molecule has 0 spiro atoms. The van der Waals surface area contributed by atoms with Crippen molar-refractivity contribution in [1.82, 2.24) is 4.98 Å². The van der Waals surface area contributed by atoms with Crippen LogP contribution in [-0.4, -0.2) is 15.9 Å². The molecule has 3 aromatic heterocycles. The van der Waals surface area contributed by atoms with E-state index in [1.54, 1.807) is 11.3 Å². The smallest absolute Gasteiger partial charge is 0.162 e. The second-order valence-electron chi connectivity index (χ2n) is 15.6. The van der Waals surface area contributed by atoms with E-state index in [0.29, 0.717) is 5.92 Å². The van der Waals surface area contributed by atoms with E-state index in [1.807, 2.05) is 39.0 Å². The third kappa shape index (κ3) is 9.94. The van der Waals surface area contributed by atoms with Crippen LogP contribution in [0.3, 0.4) is 0 Å². The molecule has 0 saturated heterocycles. The maximum absolute atomic E-state index is 11.7. The van der Waals surface area contributed by atoms with Crippen LogP contribution in [0.15, 0.2) is 77.9 Å². The summed E-state index contributed by atoms with van der Waals surface area (Å²) in [7, 11) is 0. The fourth-order valence-electron chi connectivity index (χ4n) is 7.13. The normalized spacial score (nSPS) is 12.2. The summed E-state index contributed by atoms with van der Waals surface area (Å²) in [5.74, 6) is 1.20. The zero-order valence-corrected chi connectivity index (χ0v) is 37.2. The Bertz CT molecular complexity index is 2190. The number of nitrogens with zero attached hydrogens (tertiary/aromatic N) is 1. The van der Waals surface area contributed by atoms with Crippen LogP contribution < -0.4 is 0 Å². The van der Waals surface area contributed by atoms with Gasteiger partial charge in [-0.2, -0.15) is 0 Å². The van der Waals surface area contributed by atoms with Gasteiger partial charge in [0.15, 0.2) is 5.78 Å². The molecule has 0 fully saturated rings. The summed E-state index contributed by atoms with van der Waals surface area (Å²) in [4.78, 5) is 19.3.